The third-order valence-electron chi connectivity index (χ3n) is 2.87. The highest BCUT2D eigenvalue weighted by atomic mass is 127. The SMILES string of the molecule is CCC(=O)Nc1ccc(S(=O)(=O)Nc2ccc(I)cc2)cc1. The lowest BCUT2D eigenvalue weighted by atomic mass is 10.3. The summed E-state index contributed by atoms with van der Waals surface area (Å²) in [5.74, 6) is -0.118. The predicted molar refractivity (Wildman–Crippen MR) is 95.3 cm³/mol. The molecule has 0 fully saturated rings. The van der Waals surface area contributed by atoms with Gasteiger partial charge in [-0.25, -0.2) is 8.42 Å². The summed E-state index contributed by atoms with van der Waals surface area (Å²) in [6, 6.07) is 13.1. The second-order valence-electron chi connectivity index (χ2n) is 4.54. The second kappa shape index (κ2) is 7.10. The summed E-state index contributed by atoms with van der Waals surface area (Å²) in [5.41, 5.74) is 1.07. The molecule has 5 nitrogen and oxygen atoms in total. The largest absolute Gasteiger partial charge is 0.326 e. The van der Waals surface area contributed by atoms with Gasteiger partial charge in [0.15, 0.2) is 0 Å². The van der Waals surface area contributed by atoms with Gasteiger partial charge >= 0.3 is 0 Å². The van der Waals surface area contributed by atoms with E-state index in [0.29, 0.717) is 17.8 Å². The van der Waals surface area contributed by atoms with Crippen molar-refractivity contribution in [3.8, 4) is 0 Å². The number of nitrogens with one attached hydrogen (secondary N) is 2. The Balaban J connectivity index is 2.15. The first-order valence-corrected chi connectivity index (χ1v) is 9.15. The van der Waals surface area contributed by atoms with Crippen LogP contribution < -0.4 is 10.0 Å². The Morgan fingerprint density at radius 2 is 1.55 bits per heavy atom. The van der Waals surface area contributed by atoms with E-state index in [-0.39, 0.29) is 10.8 Å². The molecule has 0 aliphatic carbocycles. The van der Waals surface area contributed by atoms with Gasteiger partial charge < -0.3 is 5.32 Å². The smallest absolute Gasteiger partial charge is 0.261 e. The molecule has 0 bridgehead atoms. The lowest BCUT2D eigenvalue weighted by Crippen LogP contribution is -2.13. The van der Waals surface area contributed by atoms with E-state index in [0.717, 1.165) is 3.57 Å². The number of carbonyl (C=O) groups excluding carboxylic acids is 1. The van der Waals surface area contributed by atoms with Gasteiger partial charge in [-0.05, 0) is 71.1 Å². The molecule has 2 rings (SSSR count). The molecule has 0 atom stereocenters. The third kappa shape index (κ3) is 4.44. The fraction of sp³-hybridized carbons (Fsp3) is 0.133. The zero-order valence-corrected chi connectivity index (χ0v) is 14.8. The van der Waals surface area contributed by atoms with Crippen molar-refractivity contribution in [2.24, 2.45) is 0 Å². The summed E-state index contributed by atoms with van der Waals surface area (Å²) >= 11 is 2.15. The van der Waals surface area contributed by atoms with Crippen molar-refractivity contribution < 1.29 is 13.2 Å². The standard InChI is InChI=1S/C15H15IN2O3S/c1-2-15(19)17-12-7-9-14(10-8-12)22(20,21)18-13-5-3-11(16)4-6-13/h3-10,18H,2H2,1H3,(H,17,19). The van der Waals surface area contributed by atoms with Crippen molar-refractivity contribution in [2.45, 2.75) is 18.2 Å². The van der Waals surface area contributed by atoms with E-state index in [1.54, 1.807) is 31.2 Å². The summed E-state index contributed by atoms with van der Waals surface area (Å²) in [7, 11) is -3.64. The zero-order chi connectivity index (χ0) is 16.2. The van der Waals surface area contributed by atoms with Crippen LogP contribution in [0.4, 0.5) is 11.4 Å². The van der Waals surface area contributed by atoms with E-state index < -0.39 is 10.0 Å². The number of rotatable bonds is 5. The van der Waals surface area contributed by atoms with Gasteiger partial charge in [-0.2, -0.15) is 0 Å². The molecule has 116 valence electrons. The van der Waals surface area contributed by atoms with Crippen molar-refractivity contribution in [3.05, 3.63) is 52.1 Å². The minimum Gasteiger partial charge on any atom is -0.326 e. The number of halogens is 1. The van der Waals surface area contributed by atoms with Crippen molar-refractivity contribution in [1.29, 1.82) is 0 Å². The Hall–Kier alpha value is -1.61. The molecule has 0 unspecified atom stereocenters. The fourth-order valence-electron chi connectivity index (χ4n) is 1.70. The molecule has 0 saturated carbocycles. The minimum atomic E-state index is -3.64. The van der Waals surface area contributed by atoms with Crippen molar-refractivity contribution in [2.75, 3.05) is 10.0 Å². The Kier molecular flexibility index (Phi) is 5.41. The lowest BCUT2D eigenvalue weighted by Gasteiger charge is -2.09. The Morgan fingerprint density at radius 3 is 2.09 bits per heavy atom. The van der Waals surface area contributed by atoms with Crippen LogP contribution in [0.15, 0.2) is 53.4 Å². The van der Waals surface area contributed by atoms with Gasteiger partial charge in [0.2, 0.25) is 5.91 Å². The van der Waals surface area contributed by atoms with E-state index >= 15 is 0 Å². The van der Waals surface area contributed by atoms with Crippen LogP contribution >= 0.6 is 22.6 Å². The average Bonchev–Trinajstić information content (AvgIpc) is 2.50. The van der Waals surface area contributed by atoms with Crippen LogP contribution in [0, 0.1) is 3.57 Å². The van der Waals surface area contributed by atoms with Crippen LogP contribution in [0.25, 0.3) is 0 Å². The van der Waals surface area contributed by atoms with E-state index in [4.69, 9.17) is 0 Å². The fourth-order valence-corrected chi connectivity index (χ4v) is 3.12. The number of hydrogen-bond acceptors (Lipinski definition) is 3. The van der Waals surface area contributed by atoms with Crippen molar-refractivity contribution >= 4 is 49.9 Å². The number of hydrogen-bond donors (Lipinski definition) is 2. The third-order valence-corrected chi connectivity index (χ3v) is 4.98. The van der Waals surface area contributed by atoms with E-state index in [1.807, 2.05) is 12.1 Å². The summed E-state index contributed by atoms with van der Waals surface area (Å²) in [6.07, 6.45) is 0.369. The molecule has 0 spiro atoms. The molecule has 0 radical (unpaired) electrons. The quantitative estimate of drug-likeness (QED) is 0.714. The predicted octanol–water partition coefficient (Wildman–Crippen LogP) is 3.44. The molecule has 7 heteroatoms. The molecule has 2 N–H and O–H groups in total. The molecular formula is C15H15IN2O3S. The first-order chi connectivity index (χ1) is 10.4. The molecule has 0 aliphatic rings. The van der Waals surface area contributed by atoms with Gasteiger partial charge in [0.25, 0.3) is 10.0 Å². The Morgan fingerprint density at radius 1 is 1.00 bits per heavy atom. The molecule has 1 amide bonds. The maximum absolute atomic E-state index is 12.3. The maximum Gasteiger partial charge on any atom is 0.261 e. The molecule has 0 aliphatic heterocycles. The maximum atomic E-state index is 12.3. The van der Waals surface area contributed by atoms with E-state index in [2.05, 4.69) is 32.6 Å². The highest BCUT2D eigenvalue weighted by molar-refractivity contribution is 14.1. The van der Waals surface area contributed by atoms with Gasteiger partial charge in [-0.3, -0.25) is 9.52 Å². The first-order valence-electron chi connectivity index (χ1n) is 6.59. The lowest BCUT2D eigenvalue weighted by molar-refractivity contribution is -0.115. The van der Waals surface area contributed by atoms with E-state index in [9.17, 15) is 13.2 Å². The zero-order valence-electron chi connectivity index (χ0n) is 11.8. The van der Waals surface area contributed by atoms with Crippen LogP contribution in [0.1, 0.15) is 13.3 Å². The topological polar surface area (TPSA) is 75.3 Å². The number of carbonyl (C=O) groups is 1. The molecule has 0 aromatic heterocycles. The molecule has 2 aromatic carbocycles. The normalized spacial score (nSPS) is 11.0. The van der Waals surface area contributed by atoms with Gasteiger partial charge in [0.1, 0.15) is 0 Å². The van der Waals surface area contributed by atoms with Crippen LogP contribution in [0.2, 0.25) is 0 Å². The summed E-state index contributed by atoms with van der Waals surface area (Å²) in [4.78, 5) is 11.4. The molecule has 2 aromatic rings. The first kappa shape index (κ1) is 16.8. The molecule has 22 heavy (non-hydrogen) atoms. The van der Waals surface area contributed by atoms with Gasteiger partial charge in [0, 0.05) is 21.4 Å². The minimum absolute atomic E-state index is 0.118. The number of amides is 1. The average molecular weight is 430 g/mol. The number of benzene rings is 2. The molecule has 0 heterocycles. The van der Waals surface area contributed by atoms with Crippen LogP contribution in [-0.2, 0) is 14.8 Å². The van der Waals surface area contributed by atoms with Crippen LogP contribution in [-0.4, -0.2) is 14.3 Å². The molecular weight excluding hydrogens is 415 g/mol. The van der Waals surface area contributed by atoms with Gasteiger partial charge in [-0.15, -0.1) is 0 Å². The van der Waals surface area contributed by atoms with Crippen molar-refractivity contribution in [1.82, 2.24) is 0 Å². The van der Waals surface area contributed by atoms with Crippen molar-refractivity contribution in [3.63, 3.8) is 0 Å². The Bertz CT molecular complexity index is 756. The summed E-state index contributed by atoms with van der Waals surface area (Å²) in [5, 5.41) is 2.67. The van der Waals surface area contributed by atoms with Crippen LogP contribution in [0.5, 0.6) is 0 Å². The van der Waals surface area contributed by atoms with Gasteiger partial charge in [0.05, 0.1) is 4.90 Å². The highest BCUT2D eigenvalue weighted by Crippen LogP contribution is 2.19. The number of sulfonamides is 1. The summed E-state index contributed by atoms with van der Waals surface area (Å²) in [6.45, 7) is 1.75. The van der Waals surface area contributed by atoms with Crippen LogP contribution in [0.3, 0.4) is 0 Å². The summed E-state index contributed by atoms with van der Waals surface area (Å²) < 4.78 is 28.1. The number of anilines is 2. The second-order valence-corrected chi connectivity index (χ2v) is 7.47. The highest BCUT2D eigenvalue weighted by Gasteiger charge is 2.14. The Labute approximate surface area is 143 Å². The van der Waals surface area contributed by atoms with E-state index in [1.165, 1.54) is 12.1 Å². The van der Waals surface area contributed by atoms with Gasteiger partial charge in [-0.1, -0.05) is 6.92 Å². The monoisotopic (exact) mass is 430 g/mol. The molecule has 0 saturated heterocycles.